The highest BCUT2D eigenvalue weighted by atomic mass is 32.2. The molecule has 0 aliphatic carbocycles. The summed E-state index contributed by atoms with van der Waals surface area (Å²) < 4.78 is 37.9. The number of halogens is 1. The second-order valence-electron chi connectivity index (χ2n) is 4.10. The molecule has 1 aromatic carbocycles. The molecular weight excluding hydrogens is 243 g/mol. The van der Waals surface area contributed by atoms with Crippen molar-refractivity contribution in [2.24, 2.45) is 0 Å². The molecule has 0 aromatic heterocycles. The van der Waals surface area contributed by atoms with Crippen LogP contribution in [0.25, 0.3) is 0 Å². The van der Waals surface area contributed by atoms with Crippen LogP contribution < -0.4 is 0 Å². The van der Waals surface area contributed by atoms with E-state index >= 15 is 0 Å². The van der Waals surface area contributed by atoms with E-state index in [0.717, 1.165) is 16.4 Å². The van der Waals surface area contributed by atoms with Gasteiger partial charge in [0.2, 0.25) is 10.0 Å². The first-order valence-electron chi connectivity index (χ1n) is 4.87. The van der Waals surface area contributed by atoms with Crippen molar-refractivity contribution in [3.8, 4) is 6.07 Å². The number of rotatable bonds is 3. The fourth-order valence-corrected chi connectivity index (χ4v) is 2.57. The van der Waals surface area contributed by atoms with E-state index in [4.69, 9.17) is 5.26 Å². The molecule has 0 N–H and O–H groups in total. The van der Waals surface area contributed by atoms with Crippen LogP contribution >= 0.6 is 0 Å². The second kappa shape index (κ2) is 4.43. The summed E-state index contributed by atoms with van der Waals surface area (Å²) in [5, 5.41) is 8.90. The van der Waals surface area contributed by atoms with Crippen molar-refractivity contribution in [2.45, 2.75) is 24.3 Å². The van der Waals surface area contributed by atoms with Crippen molar-refractivity contribution < 1.29 is 12.8 Å². The first-order valence-corrected chi connectivity index (χ1v) is 6.31. The van der Waals surface area contributed by atoms with Crippen LogP contribution in [0.5, 0.6) is 0 Å². The highest BCUT2D eigenvalue weighted by Crippen LogP contribution is 2.22. The Labute approximate surface area is 100 Å². The molecule has 0 saturated carbocycles. The number of nitriles is 1. The van der Waals surface area contributed by atoms with Gasteiger partial charge in [-0.25, -0.2) is 12.8 Å². The van der Waals surface area contributed by atoms with Gasteiger partial charge in [-0.2, -0.15) is 9.57 Å². The summed E-state index contributed by atoms with van der Waals surface area (Å²) in [5.74, 6) is -0.508. The minimum Gasteiger partial charge on any atom is -0.207 e. The van der Waals surface area contributed by atoms with Gasteiger partial charge in [0.05, 0.1) is 11.0 Å². The summed E-state index contributed by atoms with van der Waals surface area (Å²) in [6.07, 6.45) is 0. The molecule has 6 heteroatoms. The molecule has 0 aliphatic rings. The van der Waals surface area contributed by atoms with Crippen molar-refractivity contribution in [3.05, 3.63) is 30.1 Å². The number of sulfonamides is 1. The zero-order valence-corrected chi connectivity index (χ0v) is 10.6. The number of nitrogens with zero attached hydrogens (tertiary/aromatic N) is 2. The molecule has 1 rings (SSSR count). The quantitative estimate of drug-likeness (QED) is 0.827. The zero-order chi connectivity index (χ0) is 13.3. The Morgan fingerprint density at radius 3 is 2.18 bits per heavy atom. The highest BCUT2D eigenvalue weighted by molar-refractivity contribution is 7.89. The normalized spacial score (nSPS) is 12.5. The minimum absolute atomic E-state index is 0.0373. The first-order chi connectivity index (χ1) is 7.71. The van der Waals surface area contributed by atoms with Crippen molar-refractivity contribution in [1.29, 1.82) is 5.26 Å². The van der Waals surface area contributed by atoms with Gasteiger partial charge in [-0.3, -0.25) is 0 Å². The molecule has 0 radical (unpaired) electrons. The summed E-state index contributed by atoms with van der Waals surface area (Å²) >= 11 is 0. The summed E-state index contributed by atoms with van der Waals surface area (Å²) in [6, 6.07) is 6.39. The standard InChI is InChI=1S/C11H13FN2O2S/c1-11(2,8-13)14(3)17(15,16)10-6-4-9(12)5-7-10/h4-7H,1-3H3. The lowest BCUT2D eigenvalue weighted by atomic mass is 10.1. The fourth-order valence-electron chi connectivity index (χ4n) is 1.14. The van der Waals surface area contributed by atoms with E-state index in [2.05, 4.69) is 0 Å². The Kier molecular flexibility index (Phi) is 3.55. The van der Waals surface area contributed by atoms with Crippen molar-refractivity contribution in [3.63, 3.8) is 0 Å². The minimum atomic E-state index is -3.78. The maximum absolute atomic E-state index is 12.7. The Bertz CT molecular complexity index is 544. The predicted molar refractivity (Wildman–Crippen MR) is 61.0 cm³/mol. The van der Waals surface area contributed by atoms with Crippen LogP contribution in [-0.2, 0) is 10.0 Å². The maximum atomic E-state index is 12.7. The molecule has 0 atom stereocenters. The van der Waals surface area contributed by atoms with E-state index in [-0.39, 0.29) is 4.90 Å². The fraction of sp³-hybridized carbons (Fsp3) is 0.364. The molecule has 4 nitrogen and oxygen atoms in total. The number of benzene rings is 1. The largest absolute Gasteiger partial charge is 0.244 e. The van der Waals surface area contributed by atoms with Gasteiger partial charge in [-0.1, -0.05) is 0 Å². The lowest BCUT2D eigenvalue weighted by Gasteiger charge is -2.28. The molecule has 0 heterocycles. The average Bonchev–Trinajstić information content (AvgIpc) is 2.28. The molecule has 0 bridgehead atoms. The lowest BCUT2D eigenvalue weighted by molar-refractivity contribution is 0.337. The van der Waals surface area contributed by atoms with Gasteiger partial charge in [-0.15, -0.1) is 0 Å². The lowest BCUT2D eigenvalue weighted by Crippen LogP contribution is -2.43. The van der Waals surface area contributed by atoms with Gasteiger partial charge >= 0.3 is 0 Å². The average molecular weight is 256 g/mol. The Morgan fingerprint density at radius 2 is 1.76 bits per heavy atom. The van der Waals surface area contributed by atoms with Crippen LogP contribution in [0.4, 0.5) is 4.39 Å². The van der Waals surface area contributed by atoms with E-state index in [0.29, 0.717) is 0 Å². The monoisotopic (exact) mass is 256 g/mol. The van der Waals surface area contributed by atoms with Crippen LogP contribution in [0.1, 0.15) is 13.8 Å². The van der Waals surface area contributed by atoms with Gasteiger partial charge in [0.15, 0.2) is 0 Å². The summed E-state index contributed by atoms with van der Waals surface area (Å²) in [4.78, 5) is -0.0373. The molecule has 0 spiro atoms. The van der Waals surface area contributed by atoms with E-state index in [1.54, 1.807) is 0 Å². The summed E-state index contributed by atoms with van der Waals surface area (Å²) in [7, 11) is -2.46. The molecule has 0 saturated heterocycles. The highest BCUT2D eigenvalue weighted by Gasteiger charge is 2.33. The molecule has 0 fully saturated rings. The summed E-state index contributed by atoms with van der Waals surface area (Å²) in [5.41, 5.74) is -1.16. The van der Waals surface area contributed by atoms with Crippen molar-refractivity contribution >= 4 is 10.0 Å². The van der Waals surface area contributed by atoms with Crippen LogP contribution in [-0.4, -0.2) is 25.3 Å². The molecule has 0 aliphatic heterocycles. The topological polar surface area (TPSA) is 61.2 Å². The molecule has 92 valence electrons. The van der Waals surface area contributed by atoms with E-state index in [1.807, 2.05) is 6.07 Å². The van der Waals surface area contributed by atoms with E-state index in [9.17, 15) is 12.8 Å². The zero-order valence-electron chi connectivity index (χ0n) is 9.81. The molecule has 1 aromatic rings. The number of hydrogen-bond donors (Lipinski definition) is 0. The van der Waals surface area contributed by atoms with Crippen LogP contribution in [0.15, 0.2) is 29.2 Å². The van der Waals surface area contributed by atoms with Gasteiger partial charge < -0.3 is 0 Å². The van der Waals surface area contributed by atoms with Gasteiger partial charge in [0.25, 0.3) is 0 Å². The maximum Gasteiger partial charge on any atom is 0.244 e. The van der Waals surface area contributed by atoms with Crippen LogP contribution in [0.3, 0.4) is 0 Å². The molecular formula is C11H13FN2O2S. The van der Waals surface area contributed by atoms with Crippen LogP contribution in [0.2, 0.25) is 0 Å². The molecule has 0 amide bonds. The Hall–Kier alpha value is -1.45. The molecule has 17 heavy (non-hydrogen) atoms. The van der Waals surface area contributed by atoms with Gasteiger partial charge in [0, 0.05) is 7.05 Å². The van der Waals surface area contributed by atoms with Crippen molar-refractivity contribution in [1.82, 2.24) is 4.31 Å². The van der Waals surface area contributed by atoms with E-state index in [1.165, 1.54) is 33.0 Å². The predicted octanol–water partition coefficient (Wildman–Crippen LogP) is 1.75. The van der Waals surface area contributed by atoms with Gasteiger partial charge in [-0.05, 0) is 38.1 Å². The van der Waals surface area contributed by atoms with Crippen molar-refractivity contribution in [2.75, 3.05) is 7.05 Å². The third-order valence-corrected chi connectivity index (χ3v) is 4.58. The van der Waals surface area contributed by atoms with Gasteiger partial charge in [0.1, 0.15) is 11.4 Å². The van der Waals surface area contributed by atoms with E-state index < -0.39 is 21.4 Å². The number of hydrogen-bond acceptors (Lipinski definition) is 3. The van der Waals surface area contributed by atoms with Crippen LogP contribution in [0, 0.1) is 17.1 Å². The smallest absolute Gasteiger partial charge is 0.207 e. The second-order valence-corrected chi connectivity index (χ2v) is 6.07. The first kappa shape index (κ1) is 13.6. The summed E-state index contributed by atoms with van der Waals surface area (Å²) in [6.45, 7) is 2.99. The third kappa shape index (κ3) is 2.62. The Morgan fingerprint density at radius 1 is 1.29 bits per heavy atom. The molecule has 0 unspecified atom stereocenters. The Balaban J connectivity index is 3.22. The SMILES string of the molecule is CN(C(C)(C)C#N)S(=O)(=O)c1ccc(F)cc1. The third-order valence-electron chi connectivity index (χ3n) is 2.53.